The van der Waals surface area contributed by atoms with E-state index in [0.29, 0.717) is 11.3 Å². The standard InChI is InChI=1S/C17H16N2O7/c18-16(20)10-24-13-5-3-4-12(8-13)9-26-17(21)11-25-15-7-2-1-6-14(15)19(22)23/h1-8H,9-11H2,(H2,18,20). The molecule has 2 aromatic rings. The van der Waals surface area contributed by atoms with Crippen LogP contribution in [0.25, 0.3) is 0 Å². The van der Waals surface area contributed by atoms with Gasteiger partial charge in [-0.2, -0.15) is 0 Å². The van der Waals surface area contributed by atoms with E-state index >= 15 is 0 Å². The average molecular weight is 360 g/mol. The maximum Gasteiger partial charge on any atom is 0.344 e. The molecular formula is C17H16N2O7. The highest BCUT2D eigenvalue weighted by molar-refractivity contribution is 5.75. The maximum absolute atomic E-state index is 11.8. The van der Waals surface area contributed by atoms with Gasteiger partial charge in [0.15, 0.2) is 19.0 Å². The van der Waals surface area contributed by atoms with Crippen LogP contribution in [0.4, 0.5) is 5.69 Å². The Labute approximate surface area is 148 Å². The SMILES string of the molecule is NC(=O)COc1cccc(COC(=O)COc2ccccc2[N+](=O)[O-])c1. The third kappa shape index (κ3) is 5.78. The summed E-state index contributed by atoms with van der Waals surface area (Å²) in [4.78, 5) is 32.7. The molecule has 9 nitrogen and oxygen atoms in total. The highest BCUT2D eigenvalue weighted by Gasteiger charge is 2.15. The number of benzene rings is 2. The van der Waals surface area contributed by atoms with Gasteiger partial charge >= 0.3 is 11.7 Å². The zero-order valence-electron chi connectivity index (χ0n) is 13.6. The van der Waals surface area contributed by atoms with Gasteiger partial charge in [0.05, 0.1) is 4.92 Å². The Balaban J connectivity index is 1.85. The summed E-state index contributed by atoms with van der Waals surface area (Å²) in [5, 5.41) is 10.9. The molecule has 0 atom stereocenters. The molecule has 0 spiro atoms. The fraction of sp³-hybridized carbons (Fsp3) is 0.176. The topological polar surface area (TPSA) is 131 Å². The third-order valence-corrected chi connectivity index (χ3v) is 3.09. The van der Waals surface area contributed by atoms with Gasteiger partial charge in [0.25, 0.3) is 5.91 Å². The molecular weight excluding hydrogens is 344 g/mol. The molecule has 26 heavy (non-hydrogen) atoms. The summed E-state index contributed by atoms with van der Waals surface area (Å²) in [6.45, 7) is -0.775. The van der Waals surface area contributed by atoms with Gasteiger partial charge in [-0.3, -0.25) is 14.9 Å². The second kappa shape index (κ2) is 9.02. The van der Waals surface area contributed by atoms with Crippen LogP contribution >= 0.6 is 0 Å². The van der Waals surface area contributed by atoms with Crippen LogP contribution in [-0.2, 0) is 20.9 Å². The van der Waals surface area contributed by atoms with Crippen LogP contribution in [0.3, 0.4) is 0 Å². The first-order valence-electron chi connectivity index (χ1n) is 7.47. The van der Waals surface area contributed by atoms with Crippen molar-refractivity contribution >= 4 is 17.6 Å². The molecule has 2 N–H and O–H groups in total. The van der Waals surface area contributed by atoms with Crippen molar-refractivity contribution in [2.24, 2.45) is 5.73 Å². The quantitative estimate of drug-likeness (QED) is 0.408. The van der Waals surface area contributed by atoms with Crippen LogP contribution in [-0.4, -0.2) is 30.0 Å². The van der Waals surface area contributed by atoms with Crippen molar-refractivity contribution < 1.29 is 28.7 Å². The van der Waals surface area contributed by atoms with Crippen molar-refractivity contribution in [3.05, 3.63) is 64.2 Å². The molecule has 9 heteroatoms. The molecule has 0 saturated heterocycles. The number of hydrogen-bond acceptors (Lipinski definition) is 7. The second-order valence-electron chi connectivity index (χ2n) is 5.08. The minimum atomic E-state index is -0.688. The van der Waals surface area contributed by atoms with Crippen molar-refractivity contribution in [3.8, 4) is 11.5 Å². The number of rotatable bonds is 9. The predicted octanol–water partition coefficient (Wildman–Crippen LogP) is 1.58. The fourth-order valence-corrected chi connectivity index (χ4v) is 1.95. The summed E-state index contributed by atoms with van der Waals surface area (Å²) >= 11 is 0. The van der Waals surface area contributed by atoms with Crippen molar-refractivity contribution in [3.63, 3.8) is 0 Å². The molecule has 0 aromatic heterocycles. The first kappa shape index (κ1) is 18.7. The van der Waals surface area contributed by atoms with Crippen molar-refractivity contribution in [1.29, 1.82) is 0 Å². The van der Waals surface area contributed by atoms with Crippen LogP contribution in [0.1, 0.15) is 5.56 Å². The Hall–Kier alpha value is -3.62. The lowest BCUT2D eigenvalue weighted by Crippen LogP contribution is -2.20. The van der Waals surface area contributed by atoms with Gasteiger partial charge in [-0.25, -0.2) is 4.79 Å². The van der Waals surface area contributed by atoms with Crippen molar-refractivity contribution in [2.45, 2.75) is 6.61 Å². The van der Waals surface area contributed by atoms with Gasteiger partial charge in [0, 0.05) is 6.07 Å². The Morgan fingerprint density at radius 1 is 1.04 bits per heavy atom. The van der Waals surface area contributed by atoms with Crippen LogP contribution in [0.15, 0.2) is 48.5 Å². The number of primary amides is 1. The normalized spacial score (nSPS) is 10.0. The predicted molar refractivity (Wildman–Crippen MR) is 89.5 cm³/mol. The van der Waals surface area contributed by atoms with Gasteiger partial charge in [0.1, 0.15) is 12.4 Å². The Morgan fingerprint density at radius 3 is 2.54 bits per heavy atom. The Morgan fingerprint density at radius 2 is 1.81 bits per heavy atom. The molecule has 0 fully saturated rings. The summed E-state index contributed by atoms with van der Waals surface area (Å²) in [5.41, 5.74) is 5.39. The number of para-hydroxylation sites is 2. The summed E-state index contributed by atoms with van der Waals surface area (Å²) < 4.78 is 15.3. The van der Waals surface area contributed by atoms with Gasteiger partial charge in [-0.15, -0.1) is 0 Å². The molecule has 136 valence electrons. The molecule has 2 aromatic carbocycles. The Kier molecular flexibility index (Phi) is 6.49. The number of hydrogen-bond donors (Lipinski definition) is 1. The molecule has 2 rings (SSSR count). The number of nitro groups is 1. The van der Waals surface area contributed by atoms with E-state index in [-0.39, 0.29) is 24.7 Å². The monoisotopic (exact) mass is 360 g/mol. The van der Waals surface area contributed by atoms with Gasteiger partial charge in [0.2, 0.25) is 0 Å². The zero-order valence-corrected chi connectivity index (χ0v) is 13.6. The molecule has 0 heterocycles. The summed E-state index contributed by atoms with van der Waals surface area (Å²) in [6.07, 6.45) is 0. The minimum absolute atomic E-state index is 0.0173. The first-order valence-corrected chi connectivity index (χ1v) is 7.47. The highest BCUT2D eigenvalue weighted by atomic mass is 16.6. The van der Waals surface area contributed by atoms with E-state index in [9.17, 15) is 19.7 Å². The molecule has 0 aliphatic heterocycles. The lowest BCUT2D eigenvalue weighted by Gasteiger charge is -2.09. The lowest BCUT2D eigenvalue weighted by molar-refractivity contribution is -0.385. The summed E-state index contributed by atoms with van der Waals surface area (Å²) in [6, 6.07) is 12.3. The lowest BCUT2D eigenvalue weighted by atomic mass is 10.2. The number of nitro benzene ring substituents is 1. The van der Waals surface area contributed by atoms with Crippen LogP contribution < -0.4 is 15.2 Å². The maximum atomic E-state index is 11.8. The summed E-state index contributed by atoms with van der Waals surface area (Å²) in [5.74, 6) is -0.898. The van der Waals surface area contributed by atoms with Gasteiger partial charge in [-0.1, -0.05) is 24.3 Å². The largest absolute Gasteiger partial charge is 0.484 e. The molecule has 1 amide bonds. The number of carbonyl (C=O) groups is 2. The number of carbonyl (C=O) groups excluding carboxylic acids is 2. The van der Waals surface area contributed by atoms with E-state index in [1.54, 1.807) is 30.3 Å². The summed E-state index contributed by atoms with van der Waals surface area (Å²) in [7, 11) is 0. The number of ether oxygens (including phenoxy) is 3. The molecule has 0 saturated carbocycles. The molecule has 0 unspecified atom stereocenters. The van der Waals surface area contributed by atoms with E-state index in [1.165, 1.54) is 18.2 Å². The Bertz CT molecular complexity index is 807. The van der Waals surface area contributed by atoms with Crippen LogP contribution in [0, 0.1) is 10.1 Å². The van der Waals surface area contributed by atoms with Crippen molar-refractivity contribution in [1.82, 2.24) is 0 Å². The highest BCUT2D eigenvalue weighted by Crippen LogP contribution is 2.25. The van der Waals surface area contributed by atoms with E-state index in [1.807, 2.05) is 0 Å². The van der Waals surface area contributed by atoms with E-state index in [2.05, 4.69) is 0 Å². The first-order chi connectivity index (χ1) is 12.5. The molecule has 0 aliphatic rings. The molecule has 0 aliphatic carbocycles. The van der Waals surface area contributed by atoms with Gasteiger partial charge in [-0.05, 0) is 23.8 Å². The smallest absolute Gasteiger partial charge is 0.344 e. The zero-order chi connectivity index (χ0) is 18.9. The van der Waals surface area contributed by atoms with Gasteiger partial charge < -0.3 is 19.9 Å². The van der Waals surface area contributed by atoms with E-state index < -0.39 is 23.4 Å². The van der Waals surface area contributed by atoms with E-state index in [4.69, 9.17) is 19.9 Å². The number of amides is 1. The van der Waals surface area contributed by atoms with Crippen LogP contribution in [0.2, 0.25) is 0 Å². The average Bonchev–Trinajstić information content (AvgIpc) is 2.63. The fourth-order valence-electron chi connectivity index (χ4n) is 1.95. The number of nitrogens with two attached hydrogens (primary N) is 1. The minimum Gasteiger partial charge on any atom is -0.484 e. The number of nitrogens with zero attached hydrogens (tertiary/aromatic N) is 1. The van der Waals surface area contributed by atoms with Crippen LogP contribution in [0.5, 0.6) is 11.5 Å². The molecule has 0 radical (unpaired) electrons. The molecule has 0 bridgehead atoms. The second-order valence-corrected chi connectivity index (χ2v) is 5.08. The number of esters is 1. The third-order valence-electron chi connectivity index (χ3n) is 3.09. The van der Waals surface area contributed by atoms with Crippen molar-refractivity contribution in [2.75, 3.05) is 13.2 Å². The van der Waals surface area contributed by atoms with E-state index in [0.717, 1.165) is 0 Å².